The van der Waals surface area contributed by atoms with Crippen LogP contribution in [0.4, 0.5) is 5.69 Å². The number of hydrogen-bond acceptors (Lipinski definition) is 5. The number of ether oxygens (including phenoxy) is 1. The predicted molar refractivity (Wildman–Crippen MR) is 130 cm³/mol. The van der Waals surface area contributed by atoms with Crippen LogP contribution in [0.2, 0.25) is 0 Å². The van der Waals surface area contributed by atoms with Crippen molar-refractivity contribution in [2.75, 3.05) is 18.4 Å². The van der Waals surface area contributed by atoms with Crippen LogP contribution in [0.25, 0.3) is 5.69 Å². The first-order valence-electron chi connectivity index (χ1n) is 10.6. The molecule has 174 valence electrons. The summed E-state index contributed by atoms with van der Waals surface area (Å²) >= 11 is 0. The smallest absolute Gasteiger partial charge is 0.261 e. The predicted octanol–water partition coefficient (Wildman–Crippen LogP) is 3.65. The highest BCUT2D eigenvalue weighted by Gasteiger charge is 2.15. The van der Waals surface area contributed by atoms with Crippen LogP contribution >= 0.6 is 0 Å². The van der Waals surface area contributed by atoms with E-state index in [1.807, 2.05) is 36.5 Å². The molecule has 34 heavy (non-hydrogen) atoms. The molecule has 0 saturated heterocycles. The van der Waals surface area contributed by atoms with E-state index in [1.165, 1.54) is 31.4 Å². The van der Waals surface area contributed by atoms with Gasteiger partial charge in [0, 0.05) is 30.2 Å². The van der Waals surface area contributed by atoms with Gasteiger partial charge in [-0.2, -0.15) is 5.10 Å². The molecule has 0 atom stereocenters. The second-order valence-corrected chi connectivity index (χ2v) is 9.16. The van der Waals surface area contributed by atoms with Crippen LogP contribution in [-0.4, -0.2) is 37.8 Å². The van der Waals surface area contributed by atoms with E-state index >= 15 is 0 Å². The Balaban J connectivity index is 1.30. The SMILES string of the molecule is COc1ccc(NS(=O)(=O)c2ccc(C(=O)NCCc3ccc(-n4cccn4)cc3)cc2)cc1. The van der Waals surface area contributed by atoms with Crippen LogP contribution in [0, 0.1) is 0 Å². The Bertz CT molecular complexity index is 1330. The van der Waals surface area contributed by atoms with E-state index in [4.69, 9.17) is 4.74 Å². The largest absolute Gasteiger partial charge is 0.497 e. The van der Waals surface area contributed by atoms with Gasteiger partial charge in [0.2, 0.25) is 0 Å². The highest BCUT2D eigenvalue weighted by Crippen LogP contribution is 2.19. The quantitative estimate of drug-likeness (QED) is 0.384. The average Bonchev–Trinajstić information content (AvgIpc) is 3.40. The van der Waals surface area contributed by atoms with Gasteiger partial charge in [0.25, 0.3) is 15.9 Å². The molecule has 0 saturated carbocycles. The van der Waals surface area contributed by atoms with Crippen molar-refractivity contribution in [2.24, 2.45) is 0 Å². The van der Waals surface area contributed by atoms with Crippen LogP contribution in [0.15, 0.2) is 96.2 Å². The summed E-state index contributed by atoms with van der Waals surface area (Å²) in [5.41, 5.74) is 2.86. The number of nitrogens with one attached hydrogen (secondary N) is 2. The Labute approximate surface area is 198 Å². The van der Waals surface area contributed by atoms with E-state index in [9.17, 15) is 13.2 Å². The lowest BCUT2D eigenvalue weighted by Crippen LogP contribution is -2.25. The number of carbonyl (C=O) groups is 1. The van der Waals surface area contributed by atoms with E-state index in [0.717, 1.165) is 11.3 Å². The molecule has 2 N–H and O–H groups in total. The zero-order valence-electron chi connectivity index (χ0n) is 18.5. The lowest BCUT2D eigenvalue weighted by Gasteiger charge is -2.10. The minimum absolute atomic E-state index is 0.0668. The van der Waals surface area contributed by atoms with Crippen LogP contribution in [0.1, 0.15) is 15.9 Å². The fourth-order valence-corrected chi connectivity index (χ4v) is 4.38. The number of nitrogens with zero attached hydrogens (tertiary/aromatic N) is 2. The lowest BCUT2D eigenvalue weighted by molar-refractivity contribution is 0.0954. The van der Waals surface area contributed by atoms with Crippen LogP contribution in [-0.2, 0) is 16.4 Å². The summed E-state index contributed by atoms with van der Waals surface area (Å²) in [5, 5.41) is 7.06. The van der Waals surface area contributed by atoms with Crippen LogP contribution in [0.3, 0.4) is 0 Å². The Kier molecular flexibility index (Phi) is 6.93. The van der Waals surface area contributed by atoms with Gasteiger partial charge in [0.05, 0.1) is 17.7 Å². The van der Waals surface area contributed by atoms with Crippen LogP contribution in [0.5, 0.6) is 5.75 Å². The molecule has 3 aromatic carbocycles. The van der Waals surface area contributed by atoms with Crippen molar-refractivity contribution in [3.8, 4) is 11.4 Å². The number of rotatable bonds is 9. The molecule has 4 aromatic rings. The molecule has 0 bridgehead atoms. The molecule has 9 heteroatoms. The van der Waals surface area contributed by atoms with E-state index in [1.54, 1.807) is 35.1 Å². The van der Waals surface area contributed by atoms with Gasteiger partial charge in [0.15, 0.2) is 0 Å². The molecule has 1 aromatic heterocycles. The highest BCUT2D eigenvalue weighted by atomic mass is 32.2. The number of sulfonamides is 1. The Morgan fingerprint density at radius 3 is 2.29 bits per heavy atom. The standard InChI is InChI=1S/C25H24N4O4S/c1-33-23-11-7-21(8-12-23)28-34(31,32)24-13-5-20(6-14-24)25(30)26-17-15-19-3-9-22(10-4-19)29-18-2-16-27-29/h2-14,16,18,28H,15,17H2,1H3,(H,26,30). The van der Waals surface area contributed by atoms with Gasteiger partial charge in [-0.3, -0.25) is 9.52 Å². The van der Waals surface area contributed by atoms with Crippen molar-refractivity contribution < 1.29 is 17.9 Å². The molecule has 1 heterocycles. The summed E-state index contributed by atoms with van der Waals surface area (Å²) in [5.74, 6) is 0.366. The number of hydrogen-bond donors (Lipinski definition) is 2. The fourth-order valence-electron chi connectivity index (χ4n) is 3.32. The van der Waals surface area contributed by atoms with Gasteiger partial charge in [-0.1, -0.05) is 12.1 Å². The van der Waals surface area contributed by atoms with Gasteiger partial charge in [-0.05, 0) is 78.7 Å². The van der Waals surface area contributed by atoms with Gasteiger partial charge in [-0.25, -0.2) is 13.1 Å². The van der Waals surface area contributed by atoms with Gasteiger partial charge in [0.1, 0.15) is 5.75 Å². The van der Waals surface area contributed by atoms with Gasteiger partial charge < -0.3 is 10.1 Å². The molecule has 0 unspecified atom stereocenters. The maximum absolute atomic E-state index is 12.6. The summed E-state index contributed by atoms with van der Waals surface area (Å²) in [4.78, 5) is 12.5. The summed E-state index contributed by atoms with van der Waals surface area (Å²) in [6.45, 7) is 0.457. The lowest BCUT2D eigenvalue weighted by atomic mass is 10.1. The van der Waals surface area contributed by atoms with Gasteiger partial charge >= 0.3 is 0 Å². The van der Waals surface area contributed by atoms with E-state index in [-0.39, 0.29) is 10.8 Å². The number of benzene rings is 3. The number of amides is 1. The highest BCUT2D eigenvalue weighted by molar-refractivity contribution is 7.92. The second kappa shape index (κ2) is 10.2. The third-order valence-electron chi connectivity index (χ3n) is 5.17. The zero-order valence-corrected chi connectivity index (χ0v) is 19.3. The van der Waals surface area contributed by atoms with Crippen molar-refractivity contribution >= 4 is 21.6 Å². The summed E-state index contributed by atoms with van der Waals surface area (Å²) in [7, 11) is -2.24. The number of anilines is 1. The average molecular weight is 477 g/mol. The maximum atomic E-state index is 12.6. The van der Waals surface area contributed by atoms with E-state index in [0.29, 0.717) is 30.0 Å². The van der Waals surface area contributed by atoms with Crippen LogP contribution < -0.4 is 14.8 Å². The summed E-state index contributed by atoms with van der Waals surface area (Å²) < 4.78 is 34.6. The monoisotopic (exact) mass is 476 g/mol. The first kappa shape index (κ1) is 23.1. The molecule has 0 aliphatic heterocycles. The molecule has 0 fully saturated rings. The number of methoxy groups -OCH3 is 1. The number of aromatic nitrogens is 2. The molecule has 0 spiro atoms. The molecular formula is C25H24N4O4S. The zero-order chi connectivity index (χ0) is 24.0. The minimum atomic E-state index is -3.78. The molecule has 8 nitrogen and oxygen atoms in total. The molecule has 0 aliphatic carbocycles. The van der Waals surface area contributed by atoms with E-state index in [2.05, 4.69) is 15.1 Å². The third kappa shape index (κ3) is 5.62. The minimum Gasteiger partial charge on any atom is -0.497 e. The van der Waals surface area contributed by atoms with Gasteiger partial charge in [-0.15, -0.1) is 0 Å². The first-order valence-corrected chi connectivity index (χ1v) is 12.1. The van der Waals surface area contributed by atoms with E-state index < -0.39 is 10.0 Å². The molecule has 0 aliphatic rings. The molecule has 1 amide bonds. The third-order valence-corrected chi connectivity index (χ3v) is 6.57. The van der Waals surface area contributed by atoms with Crippen molar-refractivity contribution in [3.05, 3.63) is 102 Å². The second-order valence-electron chi connectivity index (χ2n) is 7.48. The number of carbonyl (C=O) groups excluding carboxylic acids is 1. The maximum Gasteiger partial charge on any atom is 0.261 e. The first-order chi connectivity index (χ1) is 16.4. The normalized spacial score (nSPS) is 11.1. The van der Waals surface area contributed by atoms with Crippen molar-refractivity contribution in [2.45, 2.75) is 11.3 Å². The molecular weight excluding hydrogens is 452 g/mol. The fraction of sp³-hybridized carbons (Fsp3) is 0.120. The van der Waals surface area contributed by atoms with Crippen molar-refractivity contribution in [3.63, 3.8) is 0 Å². The molecule has 4 rings (SSSR count). The summed E-state index contributed by atoms with van der Waals surface area (Å²) in [6.07, 6.45) is 4.27. The molecule has 0 radical (unpaired) electrons. The Morgan fingerprint density at radius 1 is 0.971 bits per heavy atom. The Hall–Kier alpha value is -4.11. The summed E-state index contributed by atoms with van der Waals surface area (Å²) in [6, 6.07) is 22.2. The van der Waals surface area contributed by atoms with Crippen molar-refractivity contribution in [1.82, 2.24) is 15.1 Å². The van der Waals surface area contributed by atoms with Crippen molar-refractivity contribution in [1.29, 1.82) is 0 Å². The Morgan fingerprint density at radius 2 is 1.68 bits per heavy atom. The topological polar surface area (TPSA) is 102 Å².